The predicted molar refractivity (Wildman–Crippen MR) is 86.7 cm³/mol. The topological polar surface area (TPSA) is 68.0 Å². The molecule has 7 heteroatoms. The van der Waals surface area contributed by atoms with Gasteiger partial charge < -0.3 is 9.73 Å². The lowest BCUT2D eigenvalue weighted by Crippen LogP contribution is -2.14. The van der Waals surface area contributed by atoms with E-state index in [1.54, 1.807) is 11.8 Å². The van der Waals surface area contributed by atoms with E-state index in [4.69, 9.17) is 4.42 Å². The van der Waals surface area contributed by atoms with Crippen LogP contribution in [0.4, 0.5) is 5.69 Å². The second-order valence-corrected chi connectivity index (χ2v) is 6.08. The molecule has 1 amide bonds. The first-order valence-corrected chi connectivity index (χ1v) is 8.92. The van der Waals surface area contributed by atoms with Gasteiger partial charge in [0.15, 0.2) is 0 Å². The Morgan fingerprint density at radius 1 is 1.38 bits per heavy atom. The number of nitrogens with one attached hydrogen (secondary N) is 1. The van der Waals surface area contributed by atoms with Crippen LogP contribution in [0.25, 0.3) is 0 Å². The van der Waals surface area contributed by atoms with Crippen molar-refractivity contribution in [3.05, 3.63) is 35.7 Å². The largest absolute Gasteiger partial charge is 0.415 e. The van der Waals surface area contributed by atoms with Crippen molar-refractivity contribution < 1.29 is 9.21 Å². The van der Waals surface area contributed by atoms with Gasteiger partial charge in [-0.2, -0.15) is 11.8 Å². The number of amides is 1. The summed E-state index contributed by atoms with van der Waals surface area (Å²) in [7, 11) is 0. The quantitative estimate of drug-likeness (QED) is 0.789. The minimum absolute atomic E-state index is 0.0853. The molecule has 1 aromatic heterocycles. The number of aromatic nitrogens is 2. The van der Waals surface area contributed by atoms with Crippen LogP contribution in [0.1, 0.15) is 18.4 Å². The van der Waals surface area contributed by atoms with Crippen LogP contribution in [0.2, 0.25) is 0 Å². The normalized spacial score (nSPS) is 10.6. The fourth-order valence-corrected chi connectivity index (χ4v) is 2.62. The molecule has 0 saturated carbocycles. The maximum Gasteiger partial charge on any atom is 0.277 e. The summed E-state index contributed by atoms with van der Waals surface area (Å²) < 4.78 is 5.40. The van der Waals surface area contributed by atoms with Crippen LogP contribution in [-0.2, 0) is 17.0 Å². The summed E-state index contributed by atoms with van der Waals surface area (Å²) in [5, 5.41) is 11.1. The van der Waals surface area contributed by atoms with Crippen LogP contribution in [0, 0.1) is 0 Å². The fraction of sp³-hybridized carbons (Fsp3) is 0.357. The molecule has 0 fully saturated rings. The van der Waals surface area contributed by atoms with Gasteiger partial charge in [-0.15, -0.1) is 10.2 Å². The van der Waals surface area contributed by atoms with E-state index < -0.39 is 0 Å². The number of aryl methyl sites for hydroxylation is 1. The smallest absolute Gasteiger partial charge is 0.277 e. The third kappa shape index (κ3) is 5.09. The Bertz CT molecular complexity index is 601. The molecular weight excluding hydrogens is 306 g/mol. The zero-order chi connectivity index (χ0) is 15.1. The summed E-state index contributed by atoms with van der Waals surface area (Å²) in [5.74, 6) is 1.43. The van der Waals surface area contributed by atoms with E-state index in [1.165, 1.54) is 17.3 Å². The van der Waals surface area contributed by atoms with Crippen molar-refractivity contribution in [1.82, 2.24) is 10.2 Å². The van der Waals surface area contributed by atoms with Crippen molar-refractivity contribution >= 4 is 35.1 Å². The molecule has 5 nitrogen and oxygen atoms in total. The Labute approximate surface area is 132 Å². The highest BCUT2D eigenvalue weighted by molar-refractivity contribution is 7.99. The highest BCUT2D eigenvalue weighted by atomic mass is 32.2. The summed E-state index contributed by atoms with van der Waals surface area (Å²) in [6.07, 6.45) is 2.91. The minimum atomic E-state index is -0.0853. The average Bonchev–Trinajstić information content (AvgIpc) is 2.93. The van der Waals surface area contributed by atoms with Gasteiger partial charge in [0, 0.05) is 5.69 Å². The third-order valence-corrected chi connectivity index (χ3v) is 4.02. The number of carbonyl (C=O) groups excluding carboxylic acids is 1. The first-order valence-electron chi connectivity index (χ1n) is 6.54. The SMILES string of the molecule is CCc1cccc(NC(=O)CSc2nnc(CSC)o2)c1. The Morgan fingerprint density at radius 2 is 2.24 bits per heavy atom. The minimum Gasteiger partial charge on any atom is -0.415 e. The first-order chi connectivity index (χ1) is 10.2. The van der Waals surface area contributed by atoms with Gasteiger partial charge in [0.25, 0.3) is 5.22 Å². The molecule has 0 radical (unpaired) electrons. The molecule has 0 aliphatic carbocycles. The van der Waals surface area contributed by atoms with E-state index in [2.05, 4.69) is 22.4 Å². The van der Waals surface area contributed by atoms with Crippen molar-refractivity contribution in [2.24, 2.45) is 0 Å². The maximum atomic E-state index is 11.9. The molecule has 0 aliphatic rings. The van der Waals surface area contributed by atoms with Crippen LogP contribution >= 0.6 is 23.5 Å². The summed E-state index contributed by atoms with van der Waals surface area (Å²) in [6.45, 7) is 2.08. The molecule has 0 unspecified atom stereocenters. The van der Waals surface area contributed by atoms with E-state index in [-0.39, 0.29) is 11.7 Å². The van der Waals surface area contributed by atoms with E-state index in [1.807, 2.05) is 30.5 Å². The van der Waals surface area contributed by atoms with E-state index in [0.717, 1.165) is 12.1 Å². The van der Waals surface area contributed by atoms with E-state index in [9.17, 15) is 4.79 Å². The molecule has 1 N–H and O–H groups in total. The summed E-state index contributed by atoms with van der Waals surface area (Å²) in [4.78, 5) is 11.9. The number of thioether (sulfide) groups is 2. The zero-order valence-corrected chi connectivity index (χ0v) is 13.6. The number of hydrogen-bond acceptors (Lipinski definition) is 6. The summed E-state index contributed by atoms with van der Waals surface area (Å²) >= 11 is 2.86. The number of rotatable bonds is 7. The van der Waals surface area contributed by atoms with Crippen LogP contribution in [0.3, 0.4) is 0 Å². The lowest BCUT2D eigenvalue weighted by Gasteiger charge is -2.05. The number of anilines is 1. The van der Waals surface area contributed by atoms with Crippen LogP contribution in [0.5, 0.6) is 0 Å². The highest BCUT2D eigenvalue weighted by Gasteiger charge is 2.09. The molecule has 0 atom stereocenters. The fourth-order valence-electron chi connectivity index (χ4n) is 1.67. The second kappa shape index (κ2) is 8.09. The van der Waals surface area contributed by atoms with E-state index >= 15 is 0 Å². The molecule has 2 aromatic rings. The Morgan fingerprint density at radius 3 is 3.00 bits per heavy atom. The highest BCUT2D eigenvalue weighted by Crippen LogP contribution is 2.18. The maximum absolute atomic E-state index is 11.9. The average molecular weight is 323 g/mol. The molecule has 0 bridgehead atoms. The molecule has 21 heavy (non-hydrogen) atoms. The summed E-state index contributed by atoms with van der Waals surface area (Å²) in [6, 6.07) is 7.83. The summed E-state index contributed by atoms with van der Waals surface area (Å²) in [5.41, 5.74) is 2.01. The van der Waals surface area contributed by atoms with Gasteiger partial charge >= 0.3 is 0 Å². The molecule has 0 spiro atoms. The molecule has 112 valence electrons. The van der Waals surface area contributed by atoms with Gasteiger partial charge in [-0.1, -0.05) is 30.8 Å². The number of nitrogens with zero attached hydrogens (tertiary/aromatic N) is 2. The van der Waals surface area contributed by atoms with E-state index in [0.29, 0.717) is 16.9 Å². The standard InChI is InChI=1S/C14H17N3O2S2/c1-3-10-5-4-6-11(7-10)15-12(18)8-21-14-17-16-13(19-14)9-20-2/h4-7H,3,8-9H2,1-2H3,(H,15,18). The molecule has 0 aliphatic heterocycles. The molecule has 1 heterocycles. The van der Waals surface area contributed by atoms with Crippen LogP contribution in [0.15, 0.2) is 33.9 Å². The Balaban J connectivity index is 1.83. The molecule has 2 rings (SSSR count). The van der Waals surface area contributed by atoms with Gasteiger partial charge in [-0.05, 0) is 30.4 Å². The zero-order valence-electron chi connectivity index (χ0n) is 12.0. The van der Waals surface area contributed by atoms with Crippen LogP contribution in [-0.4, -0.2) is 28.1 Å². The number of carbonyl (C=O) groups is 1. The van der Waals surface area contributed by atoms with Gasteiger partial charge in [0.2, 0.25) is 11.8 Å². The van der Waals surface area contributed by atoms with Gasteiger partial charge in [0.05, 0.1) is 11.5 Å². The van der Waals surface area contributed by atoms with Gasteiger partial charge in [0.1, 0.15) is 0 Å². The number of hydrogen-bond donors (Lipinski definition) is 1. The Kier molecular flexibility index (Phi) is 6.13. The van der Waals surface area contributed by atoms with Gasteiger partial charge in [-0.25, -0.2) is 0 Å². The lowest BCUT2D eigenvalue weighted by atomic mass is 10.1. The van der Waals surface area contributed by atoms with Crippen molar-refractivity contribution in [1.29, 1.82) is 0 Å². The lowest BCUT2D eigenvalue weighted by molar-refractivity contribution is -0.113. The van der Waals surface area contributed by atoms with Gasteiger partial charge in [-0.3, -0.25) is 4.79 Å². The number of benzene rings is 1. The monoisotopic (exact) mass is 323 g/mol. The van der Waals surface area contributed by atoms with Crippen LogP contribution < -0.4 is 5.32 Å². The molecule has 1 aromatic carbocycles. The van der Waals surface area contributed by atoms with Crippen molar-refractivity contribution in [3.63, 3.8) is 0 Å². The molecule has 0 saturated heterocycles. The molecular formula is C14H17N3O2S2. The third-order valence-electron chi connectivity index (χ3n) is 2.66. The second-order valence-electron chi connectivity index (χ2n) is 4.29. The first kappa shape index (κ1) is 15.9. The predicted octanol–water partition coefficient (Wildman–Crippen LogP) is 3.23. The van der Waals surface area contributed by atoms with Crippen molar-refractivity contribution in [3.8, 4) is 0 Å². The van der Waals surface area contributed by atoms with Crippen molar-refractivity contribution in [2.45, 2.75) is 24.3 Å². The Hall–Kier alpha value is -1.47. The van der Waals surface area contributed by atoms with Crippen molar-refractivity contribution in [2.75, 3.05) is 17.3 Å².